The summed E-state index contributed by atoms with van der Waals surface area (Å²) in [5, 5.41) is 8.72. The molecule has 0 spiro atoms. The van der Waals surface area contributed by atoms with Crippen molar-refractivity contribution < 1.29 is 4.39 Å². The van der Waals surface area contributed by atoms with E-state index in [-0.39, 0.29) is 5.82 Å². The molecule has 0 N–H and O–H groups in total. The van der Waals surface area contributed by atoms with Crippen molar-refractivity contribution in [2.24, 2.45) is 0 Å². The normalized spacial score (nSPS) is 9.11. The Hall–Kier alpha value is -2.58. The molecule has 0 radical (unpaired) electrons. The maximum Gasteiger partial charge on any atom is 0.123 e. The van der Waals surface area contributed by atoms with Crippen molar-refractivity contribution in [3.8, 4) is 17.9 Å². The molecule has 18 heavy (non-hydrogen) atoms. The van der Waals surface area contributed by atoms with E-state index in [1.807, 2.05) is 24.3 Å². The Kier molecular flexibility index (Phi) is 3.74. The van der Waals surface area contributed by atoms with Gasteiger partial charge < -0.3 is 0 Å². The summed E-state index contributed by atoms with van der Waals surface area (Å²) >= 11 is 0. The molecule has 0 fully saturated rings. The fourth-order valence-electron chi connectivity index (χ4n) is 1.55. The Morgan fingerprint density at radius 1 is 0.944 bits per heavy atom. The van der Waals surface area contributed by atoms with E-state index in [0.717, 1.165) is 16.7 Å². The fourth-order valence-corrected chi connectivity index (χ4v) is 1.55. The maximum absolute atomic E-state index is 12.7. The Balaban J connectivity index is 2.30. The van der Waals surface area contributed by atoms with Crippen LogP contribution >= 0.6 is 0 Å². The predicted molar refractivity (Wildman–Crippen MR) is 68.1 cm³/mol. The zero-order chi connectivity index (χ0) is 12.8. The van der Waals surface area contributed by atoms with Gasteiger partial charge in [-0.1, -0.05) is 30.0 Å². The minimum atomic E-state index is -0.273. The van der Waals surface area contributed by atoms with Crippen molar-refractivity contribution in [1.82, 2.24) is 0 Å². The summed E-state index contributed by atoms with van der Waals surface area (Å²) < 4.78 is 12.7. The first-order valence-corrected chi connectivity index (χ1v) is 5.52. The zero-order valence-corrected chi connectivity index (χ0v) is 9.65. The average Bonchev–Trinajstić information content (AvgIpc) is 2.40. The minimum Gasteiger partial charge on any atom is -0.207 e. The number of hydrogen-bond acceptors (Lipinski definition) is 1. The van der Waals surface area contributed by atoms with E-state index in [2.05, 4.69) is 17.9 Å². The third-order valence-electron chi connectivity index (χ3n) is 2.47. The summed E-state index contributed by atoms with van der Waals surface area (Å²) in [6.45, 7) is 0. The van der Waals surface area contributed by atoms with Gasteiger partial charge in [-0.2, -0.15) is 5.26 Å². The standard InChI is InChI=1S/C16H10FN/c17-16-9-6-13(7-10-16)5-8-14-3-1-2-4-15(14)11-12-18/h1-4,6-7,9-10H,11H2. The molecule has 0 saturated heterocycles. The minimum absolute atomic E-state index is 0.273. The lowest BCUT2D eigenvalue weighted by atomic mass is 10.1. The van der Waals surface area contributed by atoms with Crippen LogP contribution in [0.1, 0.15) is 16.7 Å². The van der Waals surface area contributed by atoms with Gasteiger partial charge >= 0.3 is 0 Å². The van der Waals surface area contributed by atoms with Gasteiger partial charge in [-0.05, 0) is 35.9 Å². The first kappa shape index (κ1) is 11.9. The van der Waals surface area contributed by atoms with Crippen LogP contribution in [-0.4, -0.2) is 0 Å². The second-order valence-electron chi connectivity index (χ2n) is 3.75. The first-order chi connectivity index (χ1) is 8.79. The molecule has 2 heteroatoms. The van der Waals surface area contributed by atoms with Crippen molar-refractivity contribution in [1.29, 1.82) is 5.26 Å². The lowest BCUT2D eigenvalue weighted by molar-refractivity contribution is 0.627. The van der Waals surface area contributed by atoms with Crippen LogP contribution in [0.25, 0.3) is 0 Å². The fraction of sp³-hybridized carbons (Fsp3) is 0.0625. The molecule has 0 heterocycles. The summed E-state index contributed by atoms with van der Waals surface area (Å²) in [7, 11) is 0. The number of nitriles is 1. The van der Waals surface area contributed by atoms with Crippen LogP contribution in [0.4, 0.5) is 4.39 Å². The Labute approximate surface area is 106 Å². The highest BCUT2D eigenvalue weighted by atomic mass is 19.1. The van der Waals surface area contributed by atoms with Gasteiger partial charge in [0.05, 0.1) is 12.5 Å². The van der Waals surface area contributed by atoms with Crippen molar-refractivity contribution in [2.75, 3.05) is 0 Å². The maximum atomic E-state index is 12.7. The van der Waals surface area contributed by atoms with Crippen molar-refractivity contribution in [2.45, 2.75) is 6.42 Å². The molecule has 2 aromatic rings. The third kappa shape index (κ3) is 2.97. The second kappa shape index (κ2) is 5.66. The SMILES string of the molecule is N#CCc1ccccc1C#Cc1ccc(F)cc1. The van der Waals surface area contributed by atoms with E-state index in [1.54, 1.807) is 12.1 Å². The van der Waals surface area contributed by atoms with Crippen LogP contribution in [-0.2, 0) is 6.42 Å². The van der Waals surface area contributed by atoms with Crippen LogP contribution in [0.5, 0.6) is 0 Å². The van der Waals surface area contributed by atoms with Crippen molar-refractivity contribution in [3.05, 3.63) is 71.0 Å². The van der Waals surface area contributed by atoms with Gasteiger partial charge in [-0.3, -0.25) is 0 Å². The molecule has 2 aromatic carbocycles. The molecule has 0 saturated carbocycles. The van der Waals surface area contributed by atoms with Crippen LogP contribution in [0.15, 0.2) is 48.5 Å². The third-order valence-corrected chi connectivity index (χ3v) is 2.47. The van der Waals surface area contributed by atoms with Crippen LogP contribution in [0.2, 0.25) is 0 Å². The number of hydrogen-bond donors (Lipinski definition) is 0. The summed E-state index contributed by atoms with van der Waals surface area (Å²) in [4.78, 5) is 0. The summed E-state index contributed by atoms with van der Waals surface area (Å²) in [6.07, 6.45) is 0.342. The first-order valence-electron chi connectivity index (χ1n) is 5.52. The van der Waals surface area contributed by atoms with E-state index < -0.39 is 0 Å². The van der Waals surface area contributed by atoms with Crippen LogP contribution in [0.3, 0.4) is 0 Å². The lowest BCUT2D eigenvalue weighted by Gasteiger charge is -1.97. The number of halogens is 1. The molecule has 0 aliphatic rings. The molecule has 86 valence electrons. The quantitative estimate of drug-likeness (QED) is 0.696. The molecule has 0 aromatic heterocycles. The van der Waals surface area contributed by atoms with E-state index in [1.165, 1.54) is 12.1 Å². The van der Waals surface area contributed by atoms with Gasteiger partial charge in [-0.15, -0.1) is 0 Å². The predicted octanol–water partition coefficient (Wildman–Crippen LogP) is 3.29. The summed E-state index contributed by atoms with van der Waals surface area (Å²) in [5.74, 6) is 5.70. The molecular weight excluding hydrogens is 225 g/mol. The summed E-state index contributed by atoms with van der Waals surface area (Å²) in [5.41, 5.74) is 2.50. The number of nitrogens with zero attached hydrogens (tertiary/aromatic N) is 1. The van der Waals surface area contributed by atoms with Crippen LogP contribution < -0.4 is 0 Å². The Morgan fingerprint density at radius 2 is 1.67 bits per heavy atom. The zero-order valence-electron chi connectivity index (χ0n) is 9.65. The number of benzene rings is 2. The van der Waals surface area contributed by atoms with Gasteiger partial charge in [0.2, 0.25) is 0 Å². The summed E-state index contributed by atoms with van der Waals surface area (Å²) in [6, 6.07) is 15.7. The van der Waals surface area contributed by atoms with E-state index in [0.29, 0.717) is 6.42 Å². The monoisotopic (exact) mass is 235 g/mol. The molecule has 0 aliphatic heterocycles. The molecular formula is C16H10FN. The molecule has 0 unspecified atom stereocenters. The lowest BCUT2D eigenvalue weighted by Crippen LogP contribution is -1.87. The number of rotatable bonds is 1. The Bertz CT molecular complexity index is 639. The molecule has 0 bridgehead atoms. The van der Waals surface area contributed by atoms with Crippen molar-refractivity contribution >= 4 is 0 Å². The van der Waals surface area contributed by atoms with Gasteiger partial charge in [0.25, 0.3) is 0 Å². The topological polar surface area (TPSA) is 23.8 Å². The molecule has 0 aliphatic carbocycles. The Morgan fingerprint density at radius 3 is 2.39 bits per heavy atom. The second-order valence-corrected chi connectivity index (χ2v) is 3.75. The van der Waals surface area contributed by atoms with Gasteiger partial charge in [0, 0.05) is 11.1 Å². The van der Waals surface area contributed by atoms with Crippen LogP contribution in [0, 0.1) is 29.0 Å². The van der Waals surface area contributed by atoms with Gasteiger partial charge in [0.15, 0.2) is 0 Å². The molecule has 0 amide bonds. The highest BCUT2D eigenvalue weighted by Gasteiger charge is 1.97. The smallest absolute Gasteiger partial charge is 0.123 e. The largest absolute Gasteiger partial charge is 0.207 e. The van der Waals surface area contributed by atoms with E-state index in [4.69, 9.17) is 5.26 Å². The van der Waals surface area contributed by atoms with E-state index >= 15 is 0 Å². The average molecular weight is 235 g/mol. The van der Waals surface area contributed by atoms with Gasteiger partial charge in [-0.25, -0.2) is 4.39 Å². The van der Waals surface area contributed by atoms with Crippen molar-refractivity contribution in [3.63, 3.8) is 0 Å². The highest BCUT2D eigenvalue weighted by molar-refractivity contribution is 5.47. The highest BCUT2D eigenvalue weighted by Crippen LogP contribution is 2.08. The molecule has 1 nitrogen and oxygen atoms in total. The molecule has 2 rings (SSSR count). The molecule has 0 atom stereocenters. The van der Waals surface area contributed by atoms with E-state index in [9.17, 15) is 4.39 Å². The van der Waals surface area contributed by atoms with Gasteiger partial charge in [0.1, 0.15) is 5.82 Å².